The minimum Gasteiger partial charge on any atom is -0.445 e. The van der Waals surface area contributed by atoms with Crippen molar-refractivity contribution in [3.8, 4) is 0 Å². The Hall–Kier alpha value is -7.93. The van der Waals surface area contributed by atoms with Gasteiger partial charge in [-0.15, -0.1) is 0 Å². The summed E-state index contributed by atoms with van der Waals surface area (Å²) in [4.78, 5) is 119. The number of H-pyrrole nitrogens is 1. The van der Waals surface area contributed by atoms with Gasteiger partial charge in [-0.2, -0.15) is 0 Å². The highest BCUT2D eigenvalue weighted by Gasteiger charge is 2.30. The number of aromatic nitrogens is 1. The molecule has 5 rings (SSSR count). The number of fused-ring (bicyclic) bond motifs is 1. The van der Waals surface area contributed by atoms with E-state index in [0.29, 0.717) is 49.8 Å². The first-order chi connectivity index (χ1) is 35.5. The van der Waals surface area contributed by atoms with Crippen LogP contribution in [0.4, 0.5) is 9.59 Å². The molecule has 19 heteroatoms. The summed E-state index contributed by atoms with van der Waals surface area (Å²) in [6, 6.07) is 20.8. The first-order valence-electron chi connectivity index (χ1n) is 25.0. The quantitative estimate of drug-likeness (QED) is 0.0110. The number of primary amides is 1. The summed E-state index contributed by atoms with van der Waals surface area (Å²) in [5.41, 5.74) is 12.9. The normalized spacial score (nSPS) is 13.0. The van der Waals surface area contributed by atoms with Crippen LogP contribution in [0.3, 0.4) is 0 Å². The number of imide groups is 1. The number of urea groups is 1. The van der Waals surface area contributed by atoms with Gasteiger partial charge < -0.3 is 36.3 Å². The van der Waals surface area contributed by atoms with Crippen molar-refractivity contribution in [2.24, 2.45) is 17.6 Å². The predicted octanol–water partition coefficient (Wildman–Crippen LogP) is 5.64. The molecule has 0 radical (unpaired) electrons. The molecule has 8 amide bonds. The number of para-hydroxylation sites is 1. The Morgan fingerprint density at radius 2 is 1.46 bits per heavy atom. The number of nitrogens with zero attached hydrogens (tertiary/aromatic N) is 2. The molecule has 0 saturated heterocycles. The molecule has 0 spiro atoms. The van der Waals surface area contributed by atoms with Gasteiger partial charge in [-0.1, -0.05) is 87.0 Å². The van der Waals surface area contributed by atoms with Crippen molar-refractivity contribution in [3.63, 3.8) is 0 Å². The van der Waals surface area contributed by atoms with Gasteiger partial charge >= 0.3 is 12.1 Å². The van der Waals surface area contributed by atoms with E-state index in [1.165, 1.54) is 18.2 Å². The van der Waals surface area contributed by atoms with Crippen LogP contribution in [-0.4, -0.2) is 105 Å². The van der Waals surface area contributed by atoms with Gasteiger partial charge in [-0.05, 0) is 84.9 Å². The van der Waals surface area contributed by atoms with Crippen LogP contribution in [0, 0.1) is 18.8 Å². The molecule has 0 unspecified atom stereocenters. The molecule has 1 aliphatic heterocycles. The molecule has 74 heavy (non-hydrogen) atoms. The van der Waals surface area contributed by atoms with E-state index in [0.717, 1.165) is 38.2 Å². The molecule has 0 saturated carbocycles. The first-order valence-corrected chi connectivity index (χ1v) is 25.0. The number of Topliss-reactive ketones (excluding diaryl/α,β-unsaturated/α-hetero) is 2. The minimum atomic E-state index is -0.843. The van der Waals surface area contributed by atoms with Gasteiger partial charge in [0.15, 0.2) is 5.78 Å². The molecule has 1 aliphatic rings. The van der Waals surface area contributed by atoms with Gasteiger partial charge in [0.1, 0.15) is 12.4 Å². The van der Waals surface area contributed by atoms with Crippen molar-refractivity contribution in [3.05, 3.63) is 125 Å². The van der Waals surface area contributed by atoms with E-state index in [-0.39, 0.29) is 94.2 Å². The number of carbonyl (C=O) groups is 9. The zero-order valence-corrected chi connectivity index (χ0v) is 42.3. The second-order valence-electron chi connectivity index (χ2n) is 18.7. The number of hydrogen-bond acceptors (Lipinski definition) is 11. The van der Waals surface area contributed by atoms with Gasteiger partial charge in [0.05, 0.1) is 6.04 Å². The maximum atomic E-state index is 13.9. The SMILES string of the molecule is Cc1[nH]c2ccccc2c1CCN(Cc1ccc(/C=C/C(=O)NO)cc1)C(=O)OCc1ccc(CC(=O)[C@H](CCCNC(N)=O)CC(=O)[C@@H](NC(=O)CCCCCC(=O)NCCN2C(=O)C=CC2=O)C(C)C)cc1. The number of ether oxygens (including phenoxy) is 1. The van der Waals surface area contributed by atoms with Crippen LogP contribution < -0.4 is 27.2 Å². The van der Waals surface area contributed by atoms with Crippen LogP contribution in [0.25, 0.3) is 17.0 Å². The summed E-state index contributed by atoms with van der Waals surface area (Å²) >= 11 is 0. The zero-order valence-electron chi connectivity index (χ0n) is 42.3. The highest BCUT2D eigenvalue weighted by molar-refractivity contribution is 6.12. The average Bonchev–Trinajstić information content (AvgIpc) is 3.88. The molecule has 0 fully saturated rings. The van der Waals surface area contributed by atoms with Gasteiger partial charge in [-0.3, -0.25) is 43.7 Å². The zero-order chi connectivity index (χ0) is 53.6. The van der Waals surface area contributed by atoms with Crippen molar-refractivity contribution in [2.45, 2.75) is 104 Å². The monoisotopic (exact) mass is 1020 g/mol. The molecule has 19 nitrogen and oxygen atoms in total. The first kappa shape index (κ1) is 57.0. The van der Waals surface area contributed by atoms with Crippen LogP contribution >= 0.6 is 0 Å². The maximum Gasteiger partial charge on any atom is 0.410 e. The van der Waals surface area contributed by atoms with E-state index in [9.17, 15) is 43.2 Å². The summed E-state index contributed by atoms with van der Waals surface area (Å²) in [6.45, 7) is 6.62. The third-order valence-electron chi connectivity index (χ3n) is 12.7. The molecule has 2 heterocycles. The second-order valence-corrected chi connectivity index (χ2v) is 18.7. The number of aryl methyl sites for hydroxylation is 1. The molecule has 8 N–H and O–H groups in total. The van der Waals surface area contributed by atoms with E-state index >= 15 is 0 Å². The summed E-state index contributed by atoms with van der Waals surface area (Å²) < 4.78 is 5.86. The highest BCUT2D eigenvalue weighted by Crippen LogP contribution is 2.24. The fraction of sp³-hybridized carbons (Fsp3) is 0.400. The van der Waals surface area contributed by atoms with Crippen LogP contribution in [0.15, 0.2) is 91.0 Å². The van der Waals surface area contributed by atoms with E-state index < -0.39 is 41.8 Å². The lowest BCUT2D eigenvalue weighted by molar-refractivity contribution is -0.137. The van der Waals surface area contributed by atoms with Crippen molar-refractivity contribution in [2.75, 3.05) is 26.2 Å². The lowest BCUT2D eigenvalue weighted by Gasteiger charge is -2.24. The van der Waals surface area contributed by atoms with Crippen molar-refractivity contribution >= 4 is 70.2 Å². The number of hydrogen-bond donors (Lipinski definition) is 7. The maximum absolute atomic E-state index is 13.9. The van der Waals surface area contributed by atoms with Gasteiger partial charge in [0.25, 0.3) is 17.7 Å². The van der Waals surface area contributed by atoms with Crippen molar-refractivity contribution in [1.82, 2.24) is 36.2 Å². The number of benzene rings is 3. The minimum absolute atomic E-state index is 0.0114. The number of amides is 8. The average molecular weight is 1020 g/mol. The topological polar surface area (TPSA) is 280 Å². The van der Waals surface area contributed by atoms with Gasteiger partial charge in [0, 0.05) is 99.1 Å². The Bertz CT molecular complexity index is 2660. The molecular formula is C55H68N8O11. The summed E-state index contributed by atoms with van der Waals surface area (Å²) in [7, 11) is 0. The Labute approximate surface area is 430 Å². The highest BCUT2D eigenvalue weighted by atomic mass is 16.6. The molecule has 4 aromatic rings. The second kappa shape index (κ2) is 28.9. The number of unbranched alkanes of at least 4 members (excludes halogenated alkanes) is 2. The molecular weight excluding hydrogens is 949 g/mol. The number of nitrogens with two attached hydrogens (primary N) is 1. The van der Waals surface area contributed by atoms with E-state index in [1.807, 2.05) is 57.2 Å². The summed E-state index contributed by atoms with van der Waals surface area (Å²) in [5.74, 6) is -3.51. The molecule has 1 aromatic heterocycles. The van der Waals surface area contributed by atoms with Crippen molar-refractivity contribution < 1.29 is 53.1 Å². The van der Waals surface area contributed by atoms with Crippen molar-refractivity contribution in [1.29, 1.82) is 0 Å². The Balaban J connectivity index is 1.14. The van der Waals surface area contributed by atoms with Gasteiger partial charge in [0.2, 0.25) is 11.8 Å². The number of aromatic amines is 1. The fourth-order valence-corrected chi connectivity index (χ4v) is 8.60. The number of rotatable bonds is 30. The third kappa shape index (κ3) is 18.3. The van der Waals surface area contributed by atoms with Crippen LogP contribution in [0.5, 0.6) is 0 Å². The van der Waals surface area contributed by atoms with Crippen LogP contribution in [-0.2, 0) is 64.3 Å². The Kier molecular flexibility index (Phi) is 22.3. The summed E-state index contributed by atoms with van der Waals surface area (Å²) in [6.07, 6.45) is 7.63. The Morgan fingerprint density at radius 3 is 2.14 bits per heavy atom. The van der Waals surface area contributed by atoms with E-state index in [1.54, 1.807) is 52.9 Å². The molecule has 394 valence electrons. The predicted molar refractivity (Wildman–Crippen MR) is 277 cm³/mol. The molecule has 3 aromatic carbocycles. The van der Waals surface area contributed by atoms with Crippen LogP contribution in [0.2, 0.25) is 0 Å². The van der Waals surface area contributed by atoms with Gasteiger partial charge in [-0.25, -0.2) is 15.1 Å². The number of nitrogens with one attached hydrogen (secondary N) is 5. The summed E-state index contributed by atoms with van der Waals surface area (Å²) in [5, 5.41) is 17.9. The van der Waals surface area contributed by atoms with Crippen LogP contribution in [0.1, 0.15) is 98.7 Å². The largest absolute Gasteiger partial charge is 0.445 e. The smallest absolute Gasteiger partial charge is 0.410 e. The number of hydroxylamine groups is 1. The molecule has 0 aliphatic carbocycles. The van der Waals surface area contributed by atoms with E-state index in [4.69, 9.17) is 15.7 Å². The molecule has 2 atom stereocenters. The molecule has 0 bridgehead atoms. The fourth-order valence-electron chi connectivity index (χ4n) is 8.60. The van der Waals surface area contributed by atoms with E-state index in [2.05, 4.69) is 20.9 Å². The number of carbonyl (C=O) groups excluding carboxylic acids is 9. The standard InChI is InChI=1S/C55H68N8O11/c1-36(2)53(60-49(67)14-6-4-5-13-48(66)57-29-31-63-51(69)25-26-52(63)70)47(65)33-42(10-9-28-58-54(56)71)46(64)32-39-17-21-41(22-18-39)35-74-55(72)62(30-27-43-37(3)59-45-12-8-7-11-44(43)45)34-40-19-15-38(16-20-40)23-24-50(68)61-73/h7-8,11-12,15-26,36,42,53,59,73H,4-6,9-10,13-14,27-35H2,1-3H3,(H,57,66)(H,60,67)(H,61,68)(H3,56,58,71)/b24-23+/t42-,53+/m1/s1. The lowest BCUT2D eigenvalue weighted by Crippen LogP contribution is -2.45. The third-order valence-corrected chi connectivity index (χ3v) is 12.7. The number of ketones is 2. The Morgan fingerprint density at radius 1 is 0.797 bits per heavy atom. The lowest BCUT2D eigenvalue weighted by atomic mass is 9.85.